The van der Waals surface area contributed by atoms with E-state index < -0.39 is 12.0 Å². The Morgan fingerprint density at radius 2 is 1.56 bits per heavy atom. The average Bonchev–Trinajstić information content (AvgIpc) is 2.82. The van der Waals surface area contributed by atoms with Gasteiger partial charge in [-0.25, -0.2) is 4.89 Å². The Labute approximate surface area is 209 Å². The van der Waals surface area contributed by atoms with Gasteiger partial charge in [-0.05, 0) is 49.9 Å². The minimum absolute atomic E-state index is 0.227. The molecule has 0 heterocycles. The molecule has 6 unspecified atom stereocenters. The zero-order valence-electron chi connectivity index (χ0n) is 22.5. The molecule has 0 aliphatic heterocycles. The molecule has 200 valence electrons. The van der Waals surface area contributed by atoms with Crippen molar-refractivity contribution in [2.45, 2.75) is 142 Å². The number of hydrogen-bond donors (Lipinski definition) is 1. The first-order valence-electron chi connectivity index (χ1n) is 14.6. The van der Waals surface area contributed by atoms with E-state index in [1.165, 1.54) is 57.8 Å². The predicted octanol–water partition coefficient (Wildman–Crippen LogP) is 7.96. The molecule has 2 aliphatic carbocycles. The first-order valence-corrected chi connectivity index (χ1v) is 14.6. The van der Waals surface area contributed by atoms with Crippen LogP contribution in [0.5, 0.6) is 0 Å². The van der Waals surface area contributed by atoms with Crippen molar-refractivity contribution in [2.75, 3.05) is 13.2 Å². The standard InChI is InChI=1S/C29H54O5/c1-4-5-6-7-8-9-10-17-27(28(34-31)22-25-15-11-13-23(2)20-25)29(30)33-19-18-32-26-16-12-14-24(3)21-26/h23-28,31H,4-22H2,1-3H3. The molecule has 0 aromatic heterocycles. The molecule has 2 aliphatic rings. The van der Waals surface area contributed by atoms with Gasteiger partial charge in [0.2, 0.25) is 0 Å². The first-order chi connectivity index (χ1) is 16.5. The van der Waals surface area contributed by atoms with Crippen molar-refractivity contribution < 1.29 is 24.4 Å². The minimum atomic E-state index is -0.469. The summed E-state index contributed by atoms with van der Waals surface area (Å²) in [7, 11) is 0. The normalized spacial score (nSPS) is 27.3. The Morgan fingerprint density at radius 3 is 2.24 bits per heavy atom. The fourth-order valence-electron chi connectivity index (χ4n) is 6.15. The molecule has 5 heteroatoms. The van der Waals surface area contributed by atoms with E-state index in [1.54, 1.807) is 0 Å². The van der Waals surface area contributed by atoms with Crippen LogP contribution in [-0.4, -0.2) is 36.6 Å². The third-order valence-corrected chi connectivity index (χ3v) is 8.19. The Bertz CT molecular complexity index is 525. The molecule has 0 saturated heterocycles. The Kier molecular flexibility index (Phi) is 15.4. The average molecular weight is 483 g/mol. The van der Waals surface area contributed by atoms with Crippen molar-refractivity contribution in [2.24, 2.45) is 23.7 Å². The molecule has 2 saturated carbocycles. The van der Waals surface area contributed by atoms with Crippen molar-refractivity contribution >= 4 is 5.97 Å². The van der Waals surface area contributed by atoms with Crippen LogP contribution in [0.15, 0.2) is 0 Å². The van der Waals surface area contributed by atoms with E-state index in [0.717, 1.165) is 57.3 Å². The van der Waals surface area contributed by atoms with Crippen LogP contribution < -0.4 is 0 Å². The lowest BCUT2D eigenvalue weighted by Crippen LogP contribution is -2.35. The first kappa shape index (κ1) is 29.6. The van der Waals surface area contributed by atoms with Gasteiger partial charge in [0.25, 0.3) is 0 Å². The number of unbranched alkanes of at least 4 members (excludes halogenated alkanes) is 6. The topological polar surface area (TPSA) is 65.0 Å². The molecular formula is C29H54O5. The third-order valence-electron chi connectivity index (χ3n) is 8.19. The van der Waals surface area contributed by atoms with Crippen LogP contribution in [0.4, 0.5) is 0 Å². The SMILES string of the molecule is CCCCCCCCCC(C(=O)OCCOC1CCCC(C)C1)C(CC1CCCC(C)C1)OO. The summed E-state index contributed by atoms with van der Waals surface area (Å²) >= 11 is 0. The number of carbonyl (C=O) groups is 1. The smallest absolute Gasteiger partial charge is 0.311 e. The summed E-state index contributed by atoms with van der Waals surface area (Å²) in [5.41, 5.74) is 0. The van der Waals surface area contributed by atoms with E-state index in [2.05, 4.69) is 20.8 Å². The molecule has 5 nitrogen and oxygen atoms in total. The highest BCUT2D eigenvalue weighted by atomic mass is 17.1. The highest BCUT2D eigenvalue weighted by molar-refractivity contribution is 5.73. The van der Waals surface area contributed by atoms with Crippen LogP contribution >= 0.6 is 0 Å². The lowest BCUT2D eigenvalue weighted by molar-refractivity contribution is -0.294. The molecule has 2 rings (SSSR count). The quantitative estimate of drug-likeness (QED) is 0.0986. The molecule has 34 heavy (non-hydrogen) atoms. The molecule has 0 aromatic carbocycles. The van der Waals surface area contributed by atoms with Gasteiger partial charge in [-0.1, -0.05) is 97.8 Å². The number of ether oxygens (including phenoxy) is 2. The zero-order valence-corrected chi connectivity index (χ0v) is 22.5. The van der Waals surface area contributed by atoms with Crippen LogP contribution in [-0.2, 0) is 19.2 Å². The van der Waals surface area contributed by atoms with Crippen LogP contribution in [0.25, 0.3) is 0 Å². The Balaban J connectivity index is 1.81. The molecule has 0 radical (unpaired) electrons. The highest BCUT2D eigenvalue weighted by Crippen LogP contribution is 2.34. The van der Waals surface area contributed by atoms with Crippen molar-refractivity contribution in [3.8, 4) is 0 Å². The summed E-state index contributed by atoms with van der Waals surface area (Å²) in [6.45, 7) is 7.57. The molecular weight excluding hydrogens is 428 g/mol. The van der Waals surface area contributed by atoms with E-state index in [4.69, 9.17) is 14.4 Å². The second-order valence-electron chi connectivity index (χ2n) is 11.5. The van der Waals surface area contributed by atoms with Gasteiger partial charge in [-0.15, -0.1) is 0 Å². The summed E-state index contributed by atoms with van der Waals surface area (Å²) in [6, 6.07) is 0. The van der Waals surface area contributed by atoms with Crippen molar-refractivity contribution in [1.29, 1.82) is 0 Å². The summed E-state index contributed by atoms with van der Waals surface area (Å²) in [6.07, 6.45) is 19.3. The second kappa shape index (κ2) is 17.7. The van der Waals surface area contributed by atoms with Gasteiger partial charge in [0.1, 0.15) is 12.7 Å². The van der Waals surface area contributed by atoms with Crippen molar-refractivity contribution in [1.82, 2.24) is 0 Å². The van der Waals surface area contributed by atoms with Crippen LogP contribution in [0.3, 0.4) is 0 Å². The van der Waals surface area contributed by atoms with Gasteiger partial charge >= 0.3 is 5.97 Å². The predicted molar refractivity (Wildman–Crippen MR) is 138 cm³/mol. The Hall–Kier alpha value is -0.650. The van der Waals surface area contributed by atoms with Crippen LogP contribution in [0, 0.1) is 23.7 Å². The van der Waals surface area contributed by atoms with Crippen molar-refractivity contribution in [3.63, 3.8) is 0 Å². The lowest BCUT2D eigenvalue weighted by Gasteiger charge is -2.31. The van der Waals surface area contributed by atoms with E-state index in [0.29, 0.717) is 24.5 Å². The van der Waals surface area contributed by atoms with Crippen LogP contribution in [0.2, 0.25) is 0 Å². The molecule has 2 fully saturated rings. The molecule has 1 N–H and O–H groups in total. The summed E-state index contributed by atoms with van der Waals surface area (Å²) in [5.74, 6) is 1.33. The summed E-state index contributed by atoms with van der Waals surface area (Å²) in [4.78, 5) is 18.1. The van der Waals surface area contributed by atoms with Gasteiger partial charge in [0, 0.05) is 0 Å². The Morgan fingerprint density at radius 1 is 0.882 bits per heavy atom. The monoisotopic (exact) mass is 482 g/mol. The molecule has 6 atom stereocenters. The zero-order chi connectivity index (χ0) is 24.6. The van der Waals surface area contributed by atoms with Crippen LogP contribution in [0.1, 0.15) is 130 Å². The number of esters is 1. The second-order valence-corrected chi connectivity index (χ2v) is 11.5. The van der Waals surface area contributed by atoms with E-state index >= 15 is 0 Å². The van der Waals surface area contributed by atoms with Gasteiger partial charge < -0.3 is 9.47 Å². The third kappa shape index (κ3) is 11.9. The molecule has 0 aromatic rings. The summed E-state index contributed by atoms with van der Waals surface area (Å²) in [5, 5.41) is 9.78. The summed E-state index contributed by atoms with van der Waals surface area (Å²) < 4.78 is 11.7. The number of hydrogen-bond acceptors (Lipinski definition) is 5. The van der Waals surface area contributed by atoms with Crippen molar-refractivity contribution in [3.05, 3.63) is 0 Å². The molecule has 0 amide bonds. The molecule has 0 bridgehead atoms. The van der Waals surface area contributed by atoms with E-state index in [1.807, 2.05) is 0 Å². The maximum atomic E-state index is 13.1. The van der Waals surface area contributed by atoms with E-state index in [-0.39, 0.29) is 12.6 Å². The number of rotatable bonds is 17. The van der Waals surface area contributed by atoms with Gasteiger partial charge in [0.05, 0.1) is 18.6 Å². The van der Waals surface area contributed by atoms with Gasteiger partial charge in [-0.3, -0.25) is 10.1 Å². The van der Waals surface area contributed by atoms with E-state index in [9.17, 15) is 10.1 Å². The maximum absolute atomic E-state index is 13.1. The lowest BCUT2D eigenvalue weighted by atomic mass is 9.77. The number of carbonyl (C=O) groups excluding carboxylic acids is 1. The van der Waals surface area contributed by atoms with Gasteiger partial charge in [0.15, 0.2) is 0 Å². The largest absolute Gasteiger partial charge is 0.463 e. The fraction of sp³-hybridized carbons (Fsp3) is 0.966. The molecule has 0 spiro atoms. The van der Waals surface area contributed by atoms with Gasteiger partial charge in [-0.2, -0.15) is 0 Å². The highest BCUT2D eigenvalue weighted by Gasteiger charge is 2.34. The maximum Gasteiger partial charge on any atom is 0.311 e. The fourth-order valence-corrected chi connectivity index (χ4v) is 6.15. The minimum Gasteiger partial charge on any atom is -0.463 e.